The zero-order valence-electron chi connectivity index (χ0n) is 12.1. The molecule has 0 heterocycles. The number of phenolic OH excluding ortho intramolecular Hbond substituents is 1. The summed E-state index contributed by atoms with van der Waals surface area (Å²) in [4.78, 5) is 1.12. The van der Waals surface area contributed by atoms with Gasteiger partial charge in [-0.2, -0.15) is 0 Å². The van der Waals surface area contributed by atoms with E-state index < -0.39 is 0 Å². The number of aromatic hydroxyl groups is 1. The van der Waals surface area contributed by atoms with E-state index in [0.717, 1.165) is 35.2 Å². The lowest BCUT2D eigenvalue weighted by atomic mass is 10.3. The predicted molar refractivity (Wildman–Crippen MR) is 86.6 cm³/mol. The van der Waals surface area contributed by atoms with Crippen LogP contribution in [0.3, 0.4) is 0 Å². The molecule has 1 N–H and O–H groups in total. The van der Waals surface area contributed by atoms with Crippen LogP contribution in [0.2, 0.25) is 0 Å². The highest BCUT2D eigenvalue weighted by Crippen LogP contribution is 2.21. The van der Waals surface area contributed by atoms with Gasteiger partial charge in [0.2, 0.25) is 0 Å². The van der Waals surface area contributed by atoms with Crippen LogP contribution in [0.25, 0.3) is 0 Å². The number of rotatable bonds is 8. The minimum absolute atomic E-state index is 0.293. The molecule has 0 aliphatic carbocycles. The molecular weight excluding hydrogens is 284 g/mol. The summed E-state index contributed by atoms with van der Waals surface area (Å²) in [6.07, 6.45) is 1.01. The van der Waals surface area contributed by atoms with Gasteiger partial charge in [-0.15, -0.1) is 11.8 Å². The molecule has 0 saturated heterocycles. The van der Waals surface area contributed by atoms with Gasteiger partial charge in [-0.05, 0) is 55.0 Å². The van der Waals surface area contributed by atoms with Crippen molar-refractivity contribution in [3.63, 3.8) is 0 Å². The van der Waals surface area contributed by atoms with Gasteiger partial charge in [0.1, 0.15) is 17.2 Å². The first-order valence-electron chi connectivity index (χ1n) is 7.05. The molecule has 2 aromatic rings. The van der Waals surface area contributed by atoms with Gasteiger partial charge in [0.25, 0.3) is 0 Å². The maximum Gasteiger partial charge on any atom is 0.119 e. The molecular formula is C17H20O3S. The fraction of sp³-hybridized carbons (Fsp3) is 0.294. The van der Waals surface area contributed by atoms with Crippen molar-refractivity contribution in [2.75, 3.05) is 19.0 Å². The first kappa shape index (κ1) is 15.6. The molecule has 0 unspecified atom stereocenters. The van der Waals surface area contributed by atoms with Crippen molar-refractivity contribution in [2.45, 2.75) is 18.2 Å². The second-order valence-corrected chi connectivity index (χ2v) is 5.68. The lowest BCUT2D eigenvalue weighted by Crippen LogP contribution is -2.00. The number of hydrogen-bond acceptors (Lipinski definition) is 4. The van der Waals surface area contributed by atoms with E-state index >= 15 is 0 Å². The summed E-state index contributed by atoms with van der Waals surface area (Å²) >= 11 is 1.70. The third-order valence-corrected chi connectivity index (χ3v) is 3.73. The van der Waals surface area contributed by atoms with Crippen molar-refractivity contribution < 1.29 is 14.6 Å². The van der Waals surface area contributed by atoms with E-state index in [-0.39, 0.29) is 0 Å². The van der Waals surface area contributed by atoms with Crippen LogP contribution in [-0.2, 0) is 0 Å². The second-order valence-electron chi connectivity index (χ2n) is 4.51. The number of hydrogen-bond donors (Lipinski definition) is 1. The molecule has 2 rings (SSSR count). The standard InChI is InChI=1S/C17H20O3S/c1-2-11-19-15-5-7-16(8-6-15)20-12-13-21-17-9-3-14(18)4-10-17/h3-10,18H,2,11-13H2,1H3. The Morgan fingerprint density at radius 3 is 2.00 bits per heavy atom. The molecule has 0 atom stereocenters. The monoisotopic (exact) mass is 304 g/mol. The van der Waals surface area contributed by atoms with Gasteiger partial charge in [-0.1, -0.05) is 6.92 Å². The molecule has 112 valence electrons. The van der Waals surface area contributed by atoms with E-state index in [0.29, 0.717) is 12.4 Å². The van der Waals surface area contributed by atoms with Gasteiger partial charge in [-0.25, -0.2) is 0 Å². The van der Waals surface area contributed by atoms with Crippen LogP contribution < -0.4 is 9.47 Å². The van der Waals surface area contributed by atoms with Gasteiger partial charge < -0.3 is 14.6 Å². The second kappa shape index (κ2) is 8.47. The van der Waals surface area contributed by atoms with E-state index in [1.165, 1.54) is 0 Å². The normalized spacial score (nSPS) is 10.3. The number of ether oxygens (including phenoxy) is 2. The third-order valence-electron chi connectivity index (χ3n) is 2.75. The number of thioether (sulfide) groups is 1. The minimum Gasteiger partial charge on any atom is -0.508 e. The van der Waals surface area contributed by atoms with Crippen LogP contribution in [0.5, 0.6) is 17.2 Å². The molecule has 0 bridgehead atoms. The zero-order valence-corrected chi connectivity index (χ0v) is 12.9. The summed E-state index contributed by atoms with van der Waals surface area (Å²) in [5.41, 5.74) is 0. The van der Waals surface area contributed by atoms with E-state index in [1.54, 1.807) is 23.9 Å². The average molecular weight is 304 g/mol. The van der Waals surface area contributed by atoms with Crippen LogP contribution >= 0.6 is 11.8 Å². The third kappa shape index (κ3) is 5.60. The van der Waals surface area contributed by atoms with Crippen LogP contribution in [0.1, 0.15) is 13.3 Å². The summed E-state index contributed by atoms with van der Waals surface area (Å²) in [6, 6.07) is 14.9. The van der Waals surface area contributed by atoms with Gasteiger partial charge >= 0.3 is 0 Å². The molecule has 0 amide bonds. The Morgan fingerprint density at radius 2 is 1.43 bits per heavy atom. The Kier molecular flexibility index (Phi) is 6.28. The molecule has 0 aromatic heterocycles. The molecule has 0 saturated carbocycles. The lowest BCUT2D eigenvalue weighted by Gasteiger charge is -2.08. The SMILES string of the molecule is CCCOc1ccc(OCCSc2ccc(O)cc2)cc1. The molecule has 0 radical (unpaired) electrons. The van der Waals surface area contributed by atoms with Crippen LogP contribution in [0.15, 0.2) is 53.4 Å². The Morgan fingerprint density at radius 1 is 0.857 bits per heavy atom. The van der Waals surface area contributed by atoms with E-state index in [1.807, 2.05) is 36.4 Å². The Labute approximate surface area is 129 Å². The lowest BCUT2D eigenvalue weighted by molar-refractivity contribution is 0.314. The molecule has 3 nitrogen and oxygen atoms in total. The Balaban J connectivity index is 1.69. The highest BCUT2D eigenvalue weighted by atomic mass is 32.2. The number of benzene rings is 2. The highest BCUT2D eigenvalue weighted by Gasteiger charge is 1.98. The Bertz CT molecular complexity index is 523. The smallest absolute Gasteiger partial charge is 0.119 e. The summed E-state index contributed by atoms with van der Waals surface area (Å²) in [7, 11) is 0. The quantitative estimate of drug-likeness (QED) is 0.581. The molecule has 4 heteroatoms. The van der Waals surface area contributed by atoms with Crippen molar-refractivity contribution in [3.8, 4) is 17.2 Å². The van der Waals surface area contributed by atoms with Crippen LogP contribution in [0.4, 0.5) is 0 Å². The van der Waals surface area contributed by atoms with Gasteiger partial charge in [0, 0.05) is 10.6 Å². The van der Waals surface area contributed by atoms with Crippen molar-refractivity contribution in [1.29, 1.82) is 0 Å². The predicted octanol–water partition coefficient (Wildman–Crippen LogP) is 4.35. The van der Waals surface area contributed by atoms with Crippen molar-refractivity contribution >= 4 is 11.8 Å². The fourth-order valence-corrected chi connectivity index (χ4v) is 2.44. The Hall–Kier alpha value is -1.81. The van der Waals surface area contributed by atoms with Crippen LogP contribution in [0, 0.1) is 0 Å². The van der Waals surface area contributed by atoms with E-state index in [9.17, 15) is 5.11 Å². The molecule has 0 aliphatic rings. The molecule has 0 spiro atoms. The molecule has 2 aromatic carbocycles. The van der Waals surface area contributed by atoms with E-state index in [4.69, 9.17) is 9.47 Å². The van der Waals surface area contributed by atoms with Gasteiger partial charge in [0.15, 0.2) is 0 Å². The topological polar surface area (TPSA) is 38.7 Å². The first-order chi connectivity index (χ1) is 10.3. The minimum atomic E-state index is 0.293. The van der Waals surface area contributed by atoms with Crippen molar-refractivity contribution in [1.82, 2.24) is 0 Å². The number of phenols is 1. The summed E-state index contributed by atoms with van der Waals surface area (Å²) in [5, 5.41) is 9.21. The van der Waals surface area contributed by atoms with Crippen LogP contribution in [-0.4, -0.2) is 24.1 Å². The maximum atomic E-state index is 9.21. The molecule has 0 aliphatic heterocycles. The molecule has 21 heavy (non-hydrogen) atoms. The van der Waals surface area contributed by atoms with Crippen molar-refractivity contribution in [2.24, 2.45) is 0 Å². The summed E-state index contributed by atoms with van der Waals surface area (Å²) in [5.74, 6) is 2.88. The summed E-state index contributed by atoms with van der Waals surface area (Å²) in [6.45, 7) is 3.47. The van der Waals surface area contributed by atoms with Gasteiger partial charge in [-0.3, -0.25) is 0 Å². The highest BCUT2D eigenvalue weighted by molar-refractivity contribution is 7.99. The maximum absolute atomic E-state index is 9.21. The van der Waals surface area contributed by atoms with Crippen molar-refractivity contribution in [3.05, 3.63) is 48.5 Å². The molecule has 0 fully saturated rings. The zero-order chi connectivity index (χ0) is 14.9. The van der Waals surface area contributed by atoms with Gasteiger partial charge in [0.05, 0.1) is 13.2 Å². The largest absolute Gasteiger partial charge is 0.508 e. The first-order valence-corrected chi connectivity index (χ1v) is 8.04. The van der Waals surface area contributed by atoms with E-state index in [2.05, 4.69) is 6.92 Å². The average Bonchev–Trinajstić information content (AvgIpc) is 2.52. The fourth-order valence-electron chi connectivity index (χ4n) is 1.71. The summed E-state index contributed by atoms with van der Waals surface area (Å²) < 4.78 is 11.2.